The topological polar surface area (TPSA) is 66.7 Å². The lowest BCUT2D eigenvalue weighted by Gasteiger charge is -2.20. The molecule has 0 bridgehead atoms. The standard InChI is InChI=1S/C54H32O.C32H21BO2.C22H13BrO.C10H6Br2/c1-3-15-33(16-4-1)49-42-22-9-10-23-43(42)50(34-17-5-2-6-18-34)53-47-32-31-38(41-24-13-27-46(51(41)47)52(49)53)37-29-30-39(36-20-8-7-19-35(36)37)44-25-14-26-45-40-21-11-12-28-48(40)55-54(44)45;34-33(35)27-19-18-26-30-24(27)16-9-17-25(30)31-28(20-10-3-1-4-11-20)22-14-7-8-15-23(22)29(32(26)31)21-12-5-2-6-13-21;23-20-13-12-15(14-6-1-2-7-16(14)20)18-9-5-10-19-17-8-3-4-11-21(17)24-22(18)19;11-9-5-6-10(12)8-4-2-1-3-7(8)9/h1-32H;1-19,34-35H;1-13H;1-6H. The highest BCUT2D eigenvalue weighted by molar-refractivity contribution is 9.11. The monoisotopic (exact) mass is 1800 g/mol. The molecule has 0 spiro atoms. The van der Waals surface area contributed by atoms with Crippen LogP contribution in [0.25, 0.3) is 242 Å². The molecule has 4 nitrogen and oxygen atoms in total. The molecule has 2 N–H and O–H groups in total. The minimum Gasteiger partial charge on any atom is -0.455 e. The quantitative estimate of drug-likeness (QED) is 0.149. The molecule has 2 aromatic heterocycles. The Balaban J connectivity index is 0.000000109. The summed E-state index contributed by atoms with van der Waals surface area (Å²) in [5.74, 6) is 0. The number of hydrogen-bond acceptors (Lipinski definition) is 4. The Kier molecular flexibility index (Phi) is 19.3. The van der Waals surface area contributed by atoms with E-state index in [1.807, 2.05) is 60.7 Å². The zero-order valence-corrected chi connectivity index (χ0v) is 72.6. The molecule has 0 radical (unpaired) electrons. The van der Waals surface area contributed by atoms with Crippen molar-refractivity contribution in [3.8, 4) is 122 Å². The first-order chi connectivity index (χ1) is 62.2. The molecule has 0 atom stereocenters. The SMILES string of the molecule is Brc1ccc(-c2cccc3c2oc2ccccc23)c2ccccc12.Brc1ccc(Br)c2ccccc12.OB(O)c1ccc2c3c(cccc13)-c1c-2c(-c2ccccc2)c2ccccc2c1-c1ccccc1.c1ccc(-c2c3c(c(-c4ccccc4)c4ccccc24)-c2ccc(-c4ccc(-c5cccc6c5oc5ccccc56)c5ccccc45)c4cccc-3c24)cc1. The smallest absolute Gasteiger partial charge is 0.455 e. The highest BCUT2D eigenvalue weighted by Gasteiger charge is 2.35. The van der Waals surface area contributed by atoms with E-state index < -0.39 is 7.12 Å². The molecular weight excluding hydrogens is 1730 g/mol. The summed E-state index contributed by atoms with van der Waals surface area (Å²) in [4.78, 5) is 0. The van der Waals surface area contributed by atoms with Crippen molar-refractivity contribution in [2.24, 2.45) is 0 Å². The van der Waals surface area contributed by atoms with Crippen molar-refractivity contribution in [2.45, 2.75) is 0 Å². The van der Waals surface area contributed by atoms with Gasteiger partial charge in [0.2, 0.25) is 0 Å². The molecule has 0 unspecified atom stereocenters. The minimum absolute atomic E-state index is 0.533. The second kappa shape index (κ2) is 31.8. The number of para-hydroxylation sites is 4. The zero-order chi connectivity index (χ0) is 84.2. The number of benzene rings is 22. The Morgan fingerprint density at radius 2 is 0.405 bits per heavy atom. The molecule has 0 fully saturated rings. The van der Waals surface area contributed by atoms with Crippen molar-refractivity contribution in [1.82, 2.24) is 0 Å². The van der Waals surface area contributed by atoms with Gasteiger partial charge in [-0.15, -0.1) is 0 Å². The van der Waals surface area contributed by atoms with Crippen LogP contribution in [0.3, 0.4) is 0 Å². The summed E-state index contributed by atoms with van der Waals surface area (Å²) in [6.07, 6.45) is 0. The Morgan fingerprint density at radius 1 is 0.167 bits per heavy atom. The van der Waals surface area contributed by atoms with Crippen molar-refractivity contribution in [3.05, 3.63) is 438 Å². The second-order valence-corrected chi connectivity index (χ2v) is 34.8. The highest BCUT2D eigenvalue weighted by atomic mass is 79.9. The van der Waals surface area contributed by atoms with Crippen molar-refractivity contribution >= 4 is 180 Å². The van der Waals surface area contributed by atoms with Crippen LogP contribution >= 0.6 is 47.8 Å². The van der Waals surface area contributed by atoms with E-state index in [2.05, 4.69) is 412 Å². The van der Waals surface area contributed by atoms with E-state index in [1.54, 1.807) is 0 Å². The Bertz CT molecular complexity index is 8310. The molecule has 592 valence electrons. The molecular formula is C118H72BBr3O4. The summed E-state index contributed by atoms with van der Waals surface area (Å²) >= 11 is 10.7. The second-order valence-electron chi connectivity index (χ2n) is 32.2. The summed E-state index contributed by atoms with van der Waals surface area (Å²) in [6.45, 7) is 0. The van der Waals surface area contributed by atoms with Gasteiger partial charge < -0.3 is 18.9 Å². The van der Waals surface area contributed by atoms with Gasteiger partial charge in [-0.1, -0.05) is 442 Å². The van der Waals surface area contributed by atoms with Crippen LogP contribution in [-0.2, 0) is 0 Å². The van der Waals surface area contributed by atoms with Crippen LogP contribution in [0.1, 0.15) is 0 Å². The molecule has 126 heavy (non-hydrogen) atoms. The van der Waals surface area contributed by atoms with E-state index in [9.17, 15) is 10.0 Å². The fraction of sp³-hybridized carbons (Fsp3) is 0. The number of hydrogen-bond donors (Lipinski definition) is 2. The van der Waals surface area contributed by atoms with E-state index in [-0.39, 0.29) is 0 Å². The van der Waals surface area contributed by atoms with Gasteiger partial charge in [0.05, 0.1) is 0 Å². The molecule has 2 aliphatic carbocycles. The first-order valence-corrected chi connectivity index (χ1v) is 44.8. The van der Waals surface area contributed by atoms with E-state index in [4.69, 9.17) is 8.83 Å². The van der Waals surface area contributed by atoms with Crippen molar-refractivity contribution < 1.29 is 18.9 Å². The summed E-state index contributed by atoms with van der Waals surface area (Å²) < 4.78 is 16.1. The highest BCUT2D eigenvalue weighted by Crippen LogP contribution is 2.61. The third-order valence-corrected chi connectivity index (χ3v) is 27.5. The number of fused-ring (bicyclic) bond motifs is 17. The fourth-order valence-electron chi connectivity index (χ4n) is 20.1. The van der Waals surface area contributed by atoms with E-state index in [0.29, 0.717) is 5.46 Å². The van der Waals surface area contributed by atoms with Crippen LogP contribution in [0.2, 0.25) is 0 Å². The van der Waals surface area contributed by atoms with E-state index >= 15 is 0 Å². The summed E-state index contributed by atoms with van der Waals surface area (Å²) in [7, 11) is -1.52. The van der Waals surface area contributed by atoms with Gasteiger partial charge in [-0.25, -0.2) is 0 Å². The molecule has 2 aliphatic rings. The van der Waals surface area contributed by atoms with Gasteiger partial charge in [0, 0.05) is 46.1 Å². The van der Waals surface area contributed by atoms with Gasteiger partial charge in [-0.3, -0.25) is 0 Å². The number of rotatable bonds is 8. The van der Waals surface area contributed by atoms with Crippen LogP contribution < -0.4 is 5.46 Å². The molecule has 0 aliphatic heterocycles. The molecule has 0 saturated carbocycles. The fourth-order valence-corrected chi connectivity index (χ4v) is 21.5. The molecule has 8 heteroatoms. The number of halogens is 3. The summed E-state index contributed by atoms with van der Waals surface area (Å²) in [5.41, 5.74) is 31.1. The van der Waals surface area contributed by atoms with Gasteiger partial charge in [0.1, 0.15) is 22.3 Å². The third kappa shape index (κ3) is 12.7. The van der Waals surface area contributed by atoms with Crippen molar-refractivity contribution in [3.63, 3.8) is 0 Å². The predicted molar refractivity (Wildman–Crippen MR) is 543 cm³/mol. The lowest BCUT2D eigenvalue weighted by molar-refractivity contribution is 0.426. The van der Waals surface area contributed by atoms with Gasteiger partial charge in [0.25, 0.3) is 0 Å². The average molecular weight is 1800 g/mol. The molecule has 0 saturated heterocycles. The Morgan fingerprint density at radius 3 is 0.786 bits per heavy atom. The van der Waals surface area contributed by atoms with Gasteiger partial charge in [-0.2, -0.15) is 0 Å². The first-order valence-electron chi connectivity index (χ1n) is 42.4. The average Bonchev–Trinajstić information content (AvgIpc) is 1.52. The lowest BCUT2D eigenvalue weighted by atomic mass is 9.76. The maximum absolute atomic E-state index is 10.1. The largest absolute Gasteiger partial charge is 0.489 e. The van der Waals surface area contributed by atoms with Crippen LogP contribution in [0.15, 0.2) is 447 Å². The maximum atomic E-state index is 10.1. The lowest BCUT2D eigenvalue weighted by Crippen LogP contribution is -2.30. The Hall–Kier alpha value is -14.3. The minimum atomic E-state index is -1.52. The molecule has 26 rings (SSSR count). The zero-order valence-electron chi connectivity index (χ0n) is 67.8. The maximum Gasteiger partial charge on any atom is 0.489 e. The summed E-state index contributed by atoms with van der Waals surface area (Å²) in [5, 5.41) is 41.7. The van der Waals surface area contributed by atoms with E-state index in [0.717, 1.165) is 90.3 Å². The molecule has 22 aromatic carbocycles. The van der Waals surface area contributed by atoms with Gasteiger partial charge in [0.15, 0.2) is 0 Å². The van der Waals surface area contributed by atoms with Crippen molar-refractivity contribution in [2.75, 3.05) is 0 Å². The van der Waals surface area contributed by atoms with Gasteiger partial charge >= 0.3 is 7.12 Å². The van der Waals surface area contributed by atoms with Crippen molar-refractivity contribution in [1.29, 1.82) is 0 Å². The van der Waals surface area contributed by atoms with Crippen LogP contribution in [0, 0.1) is 0 Å². The first kappa shape index (κ1) is 76.6. The summed E-state index contributed by atoms with van der Waals surface area (Å²) in [6, 6.07) is 150. The molecule has 2 heterocycles. The Labute approximate surface area is 752 Å². The van der Waals surface area contributed by atoms with Gasteiger partial charge in [-0.05, 0) is 222 Å². The predicted octanol–water partition coefficient (Wildman–Crippen LogP) is 33.5. The molecule has 0 amide bonds. The molecule has 24 aromatic rings. The van der Waals surface area contributed by atoms with Crippen LogP contribution in [0.4, 0.5) is 0 Å². The third-order valence-electron chi connectivity index (χ3n) is 25.4. The van der Waals surface area contributed by atoms with E-state index in [1.165, 1.54) is 165 Å². The van der Waals surface area contributed by atoms with Crippen LogP contribution in [-0.4, -0.2) is 17.2 Å². The number of furan rings is 2. The van der Waals surface area contributed by atoms with Crippen LogP contribution in [0.5, 0.6) is 0 Å². The normalized spacial score (nSPS) is 11.7.